The number of hydrogen-bond donors (Lipinski definition) is 2. The van der Waals surface area contributed by atoms with E-state index in [1.807, 2.05) is 19.1 Å². The number of methoxy groups -OCH3 is 1. The number of rotatable bonds is 6. The second-order valence-corrected chi connectivity index (χ2v) is 7.48. The highest BCUT2D eigenvalue weighted by molar-refractivity contribution is 6.00. The molecule has 0 aliphatic carbocycles. The van der Waals surface area contributed by atoms with E-state index in [1.165, 1.54) is 17.6 Å². The second-order valence-electron chi connectivity index (χ2n) is 7.48. The molecule has 0 saturated heterocycles. The van der Waals surface area contributed by atoms with Crippen LogP contribution in [0, 0.1) is 6.92 Å². The fraction of sp³-hybridized carbons (Fsp3) is 0.120. The zero-order valence-electron chi connectivity index (χ0n) is 18.6. The first-order valence-corrected chi connectivity index (χ1v) is 10.4. The molecule has 9 nitrogen and oxygen atoms in total. The molecule has 2 N–H and O–H groups in total. The van der Waals surface area contributed by atoms with Crippen LogP contribution in [0.25, 0.3) is 5.65 Å². The molecule has 34 heavy (non-hydrogen) atoms. The van der Waals surface area contributed by atoms with Crippen molar-refractivity contribution in [1.29, 1.82) is 0 Å². The zero-order valence-corrected chi connectivity index (χ0v) is 18.6. The standard InChI is InChI=1S/C25H22N4O5/c1-16-10-11-29-22(12-16)26-20(14-23(29)30)15-34-21-5-3-4-19(13-21)28-25(32)27-18-8-6-17(7-9-18)24(31)33-2/h3-14H,15H2,1-2H3,(H2,27,28,32). The molecule has 0 atom stereocenters. The lowest BCUT2D eigenvalue weighted by molar-refractivity contribution is 0.0600. The number of aromatic nitrogens is 2. The van der Waals surface area contributed by atoms with E-state index in [-0.39, 0.29) is 12.2 Å². The molecule has 4 aromatic rings. The van der Waals surface area contributed by atoms with Gasteiger partial charge in [0.05, 0.1) is 18.4 Å². The van der Waals surface area contributed by atoms with E-state index in [0.717, 1.165) is 5.56 Å². The quantitative estimate of drug-likeness (QED) is 0.422. The highest BCUT2D eigenvalue weighted by Crippen LogP contribution is 2.19. The Morgan fingerprint density at radius 1 is 0.971 bits per heavy atom. The van der Waals surface area contributed by atoms with Crippen LogP contribution in [-0.4, -0.2) is 28.5 Å². The number of fused-ring (bicyclic) bond motifs is 1. The summed E-state index contributed by atoms with van der Waals surface area (Å²) >= 11 is 0. The summed E-state index contributed by atoms with van der Waals surface area (Å²) in [5.74, 6) is 0.0542. The third-order valence-electron chi connectivity index (χ3n) is 4.92. The molecule has 0 aliphatic heterocycles. The maximum absolute atomic E-state index is 12.3. The van der Waals surface area contributed by atoms with Gasteiger partial charge in [-0.3, -0.25) is 9.20 Å². The molecule has 2 amide bonds. The van der Waals surface area contributed by atoms with E-state index in [2.05, 4.69) is 20.4 Å². The van der Waals surface area contributed by atoms with Gasteiger partial charge < -0.3 is 20.1 Å². The van der Waals surface area contributed by atoms with Crippen LogP contribution < -0.4 is 20.9 Å². The first-order valence-electron chi connectivity index (χ1n) is 10.4. The topological polar surface area (TPSA) is 111 Å². The molecule has 172 valence electrons. The number of ether oxygens (including phenoxy) is 2. The van der Waals surface area contributed by atoms with Crippen LogP contribution in [0.4, 0.5) is 16.2 Å². The smallest absolute Gasteiger partial charge is 0.337 e. The number of urea groups is 1. The lowest BCUT2D eigenvalue weighted by Gasteiger charge is -2.11. The summed E-state index contributed by atoms with van der Waals surface area (Å²) in [6.07, 6.45) is 1.69. The number of amides is 2. The van der Waals surface area contributed by atoms with E-state index < -0.39 is 12.0 Å². The molecule has 0 bridgehead atoms. The Kier molecular flexibility index (Phi) is 6.54. The van der Waals surface area contributed by atoms with Crippen molar-refractivity contribution in [2.75, 3.05) is 17.7 Å². The molecule has 0 spiro atoms. The molecule has 2 aromatic heterocycles. The Balaban J connectivity index is 1.38. The number of nitrogens with zero attached hydrogens (tertiary/aromatic N) is 2. The van der Waals surface area contributed by atoms with Crippen molar-refractivity contribution in [3.63, 3.8) is 0 Å². The molecule has 0 radical (unpaired) electrons. The summed E-state index contributed by atoms with van der Waals surface area (Å²) in [6, 6.07) is 17.8. The summed E-state index contributed by atoms with van der Waals surface area (Å²) in [6.45, 7) is 2.03. The van der Waals surface area contributed by atoms with E-state index >= 15 is 0 Å². The number of esters is 1. The van der Waals surface area contributed by atoms with Crippen LogP contribution in [0.5, 0.6) is 5.75 Å². The number of carbonyl (C=O) groups is 2. The molecule has 0 aliphatic rings. The minimum Gasteiger partial charge on any atom is -0.487 e. The fourth-order valence-electron chi connectivity index (χ4n) is 3.25. The maximum atomic E-state index is 12.3. The first-order chi connectivity index (χ1) is 16.4. The number of nitrogens with one attached hydrogen (secondary N) is 2. The van der Waals surface area contributed by atoms with Gasteiger partial charge in [0.1, 0.15) is 18.0 Å². The van der Waals surface area contributed by atoms with Gasteiger partial charge in [0.2, 0.25) is 0 Å². The first kappa shape index (κ1) is 22.5. The van der Waals surface area contributed by atoms with Gasteiger partial charge in [0.25, 0.3) is 5.56 Å². The van der Waals surface area contributed by atoms with Crippen molar-refractivity contribution < 1.29 is 19.1 Å². The zero-order chi connectivity index (χ0) is 24.1. The van der Waals surface area contributed by atoms with E-state index in [0.29, 0.717) is 34.0 Å². The Hall–Kier alpha value is -4.66. The number of benzene rings is 2. The van der Waals surface area contributed by atoms with Crippen LogP contribution in [0.2, 0.25) is 0 Å². The Morgan fingerprint density at radius 2 is 1.74 bits per heavy atom. The van der Waals surface area contributed by atoms with Crippen LogP contribution in [0.15, 0.2) is 77.7 Å². The van der Waals surface area contributed by atoms with Gasteiger partial charge in [-0.1, -0.05) is 6.07 Å². The molecule has 2 heterocycles. The average Bonchev–Trinajstić information content (AvgIpc) is 2.82. The Morgan fingerprint density at radius 3 is 2.50 bits per heavy atom. The predicted octanol–water partition coefficient (Wildman–Crippen LogP) is 4.01. The Labute approximate surface area is 195 Å². The summed E-state index contributed by atoms with van der Waals surface area (Å²) in [7, 11) is 1.30. The molecule has 9 heteroatoms. The van der Waals surface area contributed by atoms with Crippen molar-refractivity contribution in [3.05, 3.63) is 100 Å². The molecule has 2 aromatic carbocycles. The van der Waals surface area contributed by atoms with Crippen LogP contribution in [-0.2, 0) is 11.3 Å². The van der Waals surface area contributed by atoms with Crippen molar-refractivity contribution >= 4 is 29.0 Å². The van der Waals surface area contributed by atoms with Crippen molar-refractivity contribution in [1.82, 2.24) is 9.38 Å². The monoisotopic (exact) mass is 458 g/mol. The third kappa shape index (κ3) is 5.39. The predicted molar refractivity (Wildman–Crippen MR) is 127 cm³/mol. The third-order valence-corrected chi connectivity index (χ3v) is 4.92. The van der Waals surface area contributed by atoms with E-state index in [9.17, 15) is 14.4 Å². The molecular weight excluding hydrogens is 436 g/mol. The molecule has 0 saturated carbocycles. The summed E-state index contributed by atoms with van der Waals surface area (Å²) < 4.78 is 11.9. The molecule has 4 rings (SSSR count). The van der Waals surface area contributed by atoms with E-state index in [4.69, 9.17) is 4.74 Å². The summed E-state index contributed by atoms with van der Waals surface area (Å²) in [4.78, 5) is 40.6. The number of carbonyl (C=O) groups excluding carboxylic acids is 2. The van der Waals surface area contributed by atoms with Crippen molar-refractivity contribution in [2.45, 2.75) is 13.5 Å². The highest BCUT2D eigenvalue weighted by atomic mass is 16.5. The maximum Gasteiger partial charge on any atom is 0.337 e. The Bertz CT molecular complexity index is 1410. The van der Waals surface area contributed by atoms with E-state index in [1.54, 1.807) is 54.7 Å². The molecule has 0 fully saturated rings. The SMILES string of the molecule is COC(=O)c1ccc(NC(=O)Nc2cccc(OCc3cc(=O)n4ccc(C)cc4n3)c2)cc1. The molecule has 0 unspecified atom stereocenters. The minimum atomic E-state index is -0.456. The van der Waals surface area contributed by atoms with Crippen LogP contribution in [0.3, 0.4) is 0 Å². The van der Waals surface area contributed by atoms with Gasteiger partial charge in [0.15, 0.2) is 0 Å². The van der Waals surface area contributed by atoms with Crippen LogP contribution >= 0.6 is 0 Å². The van der Waals surface area contributed by atoms with Gasteiger partial charge in [-0.2, -0.15) is 0 Å². The van der Waals surface area contributed by atoms with Gasteiger partial charge in [-0.05, 0) is 61.0 Å². The minimum absolute atomic E-state index is 0.0991. The number of anilines is 2. The summed E-state index contributed by atoms with van der Waals surface area (Å²) in [5.41, 5.74) is 3.29. The normalized spacial score (nSPS) is 10.5. The number of aryl methyl sites for hydroxylation is 1. The van der Waals surface area contributed by atoms with Crippen LogP contribution in [0.1, 0.15) is 21.6 Å². The second kappa shape index (κ2) is 9.86. The fourth-order valence-corrected chi connectivity index (χ4v) is 3.25. The largest absolute Gasteiger partial charge is 0.487 e. The van der Waals surface area contributed by atoms with Crippen molar-refractivity contribution in [2.24, 2.45) is 0 Å². The number of pyridine rings is 1. The van der Waals surface area contributed by atoms with Gasteiger partial charge in [0, 0.05) is 29.7 Å². The average molecular weight is 458 g/mol. The lowest BCUT2D eigenvalue weighted by Crippen LogP contribution is -2.19. The summed E-state index contributed by atoms with van der Waals surface area (Å²) in [5, 5.41) is 5.42. The highest BCUT2D eigenvalue weighted by Gasteiger charge is 2.08. The number of hydrogen-bond acceptors (Lipinski definition) is 6. The van der Waals surface area contributed by atoms with Crippen molar-refractivity contribution in [3.8, 4) is 5.75 Å². The molecular formula is C25H22N4O5. The van der Waals surface area contributed by atoms with Gasteiger partial charge >= 0.3 is 12.0 Å². The van der Waals surface area contributed by atoms with Gasteiger partial charge in [-0.15, -0.1) is 0 Å². The van der Waals surface area contributed by atoms with Gasteiger partial charge in [-0.25, -0.2) is 14.6 Å². The lowest BCUT2D eigenvalue weighted by atomic mass is 10.2.